The first kappa shape index (κ1) is 17.7. The fourth-order valence-electron chi connectivity index (χ4n) is 1.90. The van der Waals surface area contributed by atoms with Crippen molar-refractivity contribution < 1.29 is 36.2 Å². The van der Waals surface area contributed by atoms with Crippen LogP contribution in [0.2, 0.25) is 0 Å². The first-order valence-corrected chi connectivity index (χ1v) is 6.58. The first-order chi connectivity index (χ1) is 11.2. The summed E-state index contributed by atoms with van der Waals surface area (Å²) in [5, 5.41) is 0. The molecule has 0 aromatic heterocycles. The average Bonchev–Trinajstić information content (AvgIpc) is 2.54. The lowest BCUT2D eigenvalue weighted by Crippen LogP contribution is -2.24. The Labute approximate surface area is 133 Å². The molecule has 0 N–H and O–H groups in total. The third kappa shape index (κ3) is 4.01. The number of methoxy groups -OCH3 is 1. The number of ether oxygens (including phenoxy) is 2. The van der Waals surface area contributed by atoms with Crippen molar-refractivity contribution in [3.63, 3.8) is 0 Å². The molecule has 0 bridgehead atoms. The second-order valence-corrected chi connectivity index (χ2v) is 4.71. The van der Waals surface area contributed by atoms with Crippen molar-refractivity contribution in [2.45, 2.75) is 12.8 Å². The Kier molecular flexibility index (Phi) is 5.06. The lowest BCUT2D eigenvalue weighted by molar-refractivity contribution is -0.0886. The number of benzene rings is 2. The summed E-state index contributed by atoms with van der Waals surface area (Å²) in [4.78, 5) is 11.5. The van der Waals surface area contributed by atoms with Gasteiger partial charge in [-0.2, -0.15) is 13.2 Å². The maximum atomic E-state index is 13.1. The zero-order valence-electron chi connectivity index (χ0n) is 12.3. The van der Waals surface area contributed by atoms with Crippen molar-refractivity contribution in [1.29, 1.82) is 0 Å². The van der Waals surface area contributed by atoms with Crippen LogP contribution in [0.4, 0.5) is 22.0 Å². The van der Waals surface area contributed by atoms with Gasteiger partial charge >= 0.3 is 6.18 Å². The molecule has 0 unspecified atom stereocenters. The van der Waals surface area contributed by atoms with Gasteiger partial charge in [0.15, 0.2) is 11.6 Å². The van der Waals surface area contributed by atoms with Gasteiger partial charge in [0.2, 0.25) is 0 Å². The molecule has 2 aromatic carbocycles. The number of halogens is 5. The number of hydrogen-bond donors (Lipinski definition) is 0. The van der Waals surface area contributed by atoms with Crippen molar-refractivity contribution >= 4 is 5.78 Å². The van der Waals surface area contributed by atoms with E-state index in [1.54, 1.807) is 0 Å². The van der Waals surface area contributed by atoms with E-state index < -0.39 is 35.8 Å². The zero-order valence-corrected chi connectivity index (χ0v) is 12.3. The minimum absolute atomic E-state index is 0.0668. The normalized spacial score (nSPS) is 11.2. The van der Waals surface area contributed by atoms with E-state index >= 15 is 0 Å². The van der Waals surface area contributed by atoms with E-state index in [1.165, 1.54) is 19.2 Å². The van der Waals surface area contributed by atoms with Gasteiger partial charge in [0.05, 0.1) is 7.11 Å². The molecule has 128 valence electrons. The molecule has 0 aliphatic carbocycles. The number of Topliss-reactive ketones (excluding diaryl/α,β-unsaturated/α-hetero) is 1. The third-order valence-corrected chi connectivity index (χ3v) is 3.10. The van der Waals surface area contributed by atoms with E-state index in [0.29, 0.717) is 0 Å². The summed E-state index contributed by atoms with van der Waals surface area (Å²) >= 11 is 0. The maximum absolute atomic E-state index is 13.1. The molecule has 0 aliphatic heterocycles. The number of carbonyl (C=O) groups excluding carboxylic acids is 1. The van der Waals surface area contributed by atoms with E-state index in [1.807, 2.05) is 0 Å². The zero-order chi connectivity index (χ0) is 17.9. The van der Waals surface area contributed by atoms with Gasteiger partial charge in [-0.25, -0.2) is 8.78 Å². The van der Waals surface area contributed by atoms with Crippen LogP contribution in [0.25, 0.3) is 0 Å². The lowest BCUT2D eigenvalue weighted by atomic mass is 10.0. The molecule has 8 heteroatoms. The van der Waals surface area contributed by atoms with Crippen LogP contribution in [0.1, 0.15) is 15.9 Å². The SMILES string of the molecule is COc1ccc(COc2ccc(F)c(F)c2)c(C(=O)C(F)(F)F)c1. The average molecular weight is 346 g/mol. The van der Waals surface area contributed by atoms with Gasteiger partial charge < -0.3 is 9.47 Å². The van der Waals surface area contributed by atoms with Gasteiger partial charge in [-0.1, -0.05) is 6.07 Å². The second-order valence-electron chi connectivity index (χ2n) is 4.71. The van der Waals surface area contributed by atoms with Crippen molar-refractivity contribution in [3.8, 4) is 11.5 Å². The number of ketones is 1. The van der Waals surface area contributed by atoms with E-state index in [-0.39, 0.29) is 17.1 Å². The highest BCUT2D eigenvalue weighted by molar-refractivity contribution is 6.01. The van der Waals surface area contributed by atoms with Crippen LogP contribution < -0.4 is 9.47 Å². The summed E-state index contributed by atoms with van der Waals surface area (Å²) in [7, 11) is 1.24. The Balaban J connectivity index is 2.28. The van der Waals surface area contributed by atoms with Gasteiger partial charge in [-0.05, 0) is 24.3 Å². The summed E-state index contributed by atoms with van der Waals surface area (Å²) in [6, 6.07) is 6.23. The summed E-state index contributed by atoms with van der Waals surface area (Å²) < 4.78 is 73.9. The van der Waals surface area contributed by atoms with Crippen LogP contribution in [-0.4, -0.2) is 19.1 Å². The van der Waals surface area contributed by atoms with E-state index in [2.05, 4.69) is 0 Å². The number of carbonyl (C=O) groups is 1. The first-order valence-electron chi connectivity index (χ1n) is 6.58. The van der Waals surface area contributed by atoms with Crippen LogP contribution in [-0.2, 0) is 6.61 Å². The van der Waals surface area contributed by atoms with Crippen LogP contribution >= 0.6 is 0 Å². The molecule has 2 rings (SSSR count). The molecule has 0 fully saturated rings. The maximum Gasteiger partial charge on any atom is 0.454 e. The molecule has 3 nitrogen and oxygen atoms in total. The van der Waals surface area contributed by atoms with Gasteiger partial charge in [0.25, 0.3) is 5.78 Å². The van der Waals surface area contributed by atoms with E-state index in [4.69, 9.17) is 9.47 Å². The molecular formula is C16H11F5O3. The van der Waals surface area contributed by atoms with Gasteiger partial charge in [0, 0.05) is 17.2 Å². The third-order valence-electron chi connectivity index (χ3n) is 3.10. The molecule has 0 atom stereocenters. The monoisotopic (exact) mass is 346 g/mol. The topological polar surface area (TPSA) is 35.5 Å². The minimum Gasteiger partial charge on any atom is -0.497 e. The fourth-order valence-corrected chi connectivity index (χ4v) is 1.90. The Morgan fingerprint density at radius 3 is 2.25 bits per heavy atom. The van der Waals surface area contributed by atoms with E-state index in [9.17, 15) is 26.7 Å². The van der Waals surface area contributed by atoms with Crippen molar-refractivity contribution in [2.75, 3.05) is 7.11 Å². The van der Waals surface area contributed by atoms with E-state index in [0.717, 1.165) is 24.3 Å². The Bertz CT molecular complexity index is 756. The molecule has 0 aliphatic rings. The van der Waals surface area contributed by atoms with Crippen LogP contribution in [0.3, 0.4) is 0 Å². The predicted molar refractivity (Wildman–Crippen MR) is 74.1 cm³/mol. The van der Waals surface area contributed by atoms with Crippen LogP contribution in [0, 0.1) is 11.6 Å². The van der Waals surface area contributed by atoms with Gasteiger partial charge in [-0.15, -0.1) is 0 Å². The largest absolute Gasteiger partial charge is 0.497 e. The highest BCUT2D eigenvalue weighted by Gasteiger charge is 2.40. The smallest absolute Gasteiger partial charge is 0.454 e. The predicted octanol–water partition coefficient (Wildman–Crippen LogP) is 4.30. The summed E-state index contributed by atoms with van der Waals surface area (Å²) in [5.41, 5.74) is -0.702. The van der Waals surface area contributed by atoms with Crippen molar-refractivity contribution in [2.24, 2.45) is 0 Å². The summed E-state index contributed by atoms with van der Waals surface area (Å²) in [6.07, 6.45) is -5.07. The lowest BCUT2D eigenvalue weighted by Gasteiger charge is -2.13. The molecule has 0 saturated carbocycles. The second kappa shape index (κ2) is 6.86. The molecule has 0 heterocycles. The van der Waals surface area contributed by atoms with Crippen molar-refractivity contribution in [1.82, 2.24) is 0 Å². The Hall–Kier alpha value is -2.64. The highest BCUT2D eigenvalue weighted by Crippen LogP contribution is 2.27. The Morgan fingerprint density at radius 1 is 1.00 bits per heavy atom. The molecule has 0 radical (unpaired) electrons. The summed E-state index contributed by atoms with van der Waals surface area (Å²) in [5.74, 6) is -4.31. The van der Waals surface area contributed by atoms with Crippen molar-refractivity contribution in [3.05, 3.63) is 59.2 Å². The van der Waals surface area contributed by atoms with Crippen LogP contribution in [0.15, 0.2) is 36.4 Å². The number of rotatable bonds is 5. The molecule has 0 spiro atoms. The van der Waals surface area contributed by atoms with Gasteiger partial charge in [-0.3, -0.25) is 4.79 Å². The highest BCUT2D eigenvalue weighted by atomic mass is 19.4. The minimum atomic E-state index is -5.07. The molecule has 24 heavy (non-hydrogen) atoms. The number of alkyl halides is 3. The Morgan fingerprint density at radius 2 is 1.67 bits per heavy atom. The number of hydrogen-bond acceptors (Lipinski definition) is 3. The molecule has 0 amide bonds. The molecule has 0 saturated heterocycles. The molecule has 2 aromatic rings. The fraction of sp³-hybridized carbons (Fsp3) is 0.188. The van der Waals surface area contributed by atoms with Gasteiger partial charge in [0.1, 0.15) is 18.1 Å². The standard InChI is InChI=1S/C16H11F5O3/c1-23-10-3-2-9(12(6-10)15(22)16(19,20)21)8-24-11-4-5-13(17)14(18)7-11/h2-7H,8H2,1H3. The quantitative estimate of drug-likeness (QED) is 0.598. The molecular weight excluding hydrogens is 335 g/mol. The summed E-state index contributed by atoms with van der Waals surface area (Å²) in [6.45, 7) is -0.438. The van der Waals surface area contributed by atoms with Crippen LogP contribution in [0.5, 0.6) is 11.5 Å².